The Labute approximate surface area is 175 Å². The third kappa shape index (κ3) is 3.62. The Morgan fingerprint density at radius 2 is 1.79 bits per heavy atom. The standard InChI is InChI=1S/C24H24ClN3O/c25-18-1-3-19(4-2-18)28-23(29)17-13-24(14-17)9-5-16(6-10-24)20-7-12-27-22-8-11-26-15-21(20)22/h1-4,7-8,11-12,15-17H,5-6,9-10,13-14H2,(H,28,29)/t16-,17-,24?. The molecule has 1 amide bonds. The van der Waals surface area contributed by atoms with Crippen molar-refractivity contribution in [2.75, 3.05) is 5.32 Å². The first-order valence-corrected chi connectivity index (χ1v) is 10.7. The summed E-state index contributed by atoms with van der Waals surface area (Å²) in [5, 5.41) is 4.90. The zero-order valence-corrected chi connectivity index (χ0v) is 17.0. The predicted octanol–water partition coefficient (Wildman–Crippen LogP) is 5.98. The highest BCUT2D eigenvalue weighted by molar-refractivity contribution is 6.30. The molecule has 0 radical (unpaired) electrons. The van der Waals surface area contributed by atoms with Gasteiger partial charge in [0.15, 0.2) is 0 Å². The number of hydrogen-bond donors (Lipinski definition) is 1. The van der Waals surface area contributed by atoms with Crippen LogP contribution in [0.5, 0.6) is 0 Å². The molecule has 2 aliphatic rings. The van der Waals surface area contributed by atoms with E-state index in [4.69, 9.17) is 11.6 Å². The number of fused-ring (bicyclic) bond motifs is 1. The maximum atomic E-state index is 12.6. The van der Waals surface area contributed by atoms with E-state index in [-0.39, 0.29) is 11.8 Å². The lowest BCUT2D eigenvalue weighted by molar-refractivity contribution is -0.128. The molecule has 5 heteroatoms. The van der Waals surface area contributed by atoms with Gasteiger partial charge in [0, 0.05) is 40.6 Å². The molecular formula is C24H24ClN3O. The summed E-state index contributed by atoms with van der Waals surface area (Å²) >= 11 is 5.92. The van der Waals surface area contributed by atoms with Gasteiger partial charge < -0.3 is 5.32 Å². The summed E-state index contributed by atoms with van der Waals surface area (Å²) < 4.78 is 0. The molecule has 0 atom stereocenters. The Bertz CT molecular complexity index is 1030. The first-order valence-electron chi connectivity index (χ1n) is 10.4. The Morgan fingerprint density at radius 3 is 2.55 bits per heavy atom. The van der Waals surface area contributed by atoms with Crippen LogP contribution in [0.15, 0.2) is 55.0 Å². The smallest absolute Gasteiger partial charge is 0.227 e. The fourth-order valence-electron chi connectivity index (χ4n) is 5.26. The van der Waals surface area contributed by atoms with Crippen LogP contribution in [0.4, 0.5) is 5.69 Å². The summed E-state index contributed by atoms with van der Waals surface area (Å²) in [6.45, 7) is 0. The van der Waals surface area contributed by atoms with Gasteiger partial charge in [0.2, 0.25) is 5.91 Å². The lowest BCUT2D eigenvalue weighted by Crippen LogP contribution is -2.45. The molecule has 2 heterocycles. The van der Waals surface area contributed by atoms with Gasteiger partial charge in [0.25, 0.3) is 0 Å². The fourth-order valence-corrected chi connectivity index (χ4v) is 5.39. The number of carbonyl (C=O) groups is 1. The van der Waals surface area contributed by atoms with Crippen molar-refractivity contribution in [3.63, 3.8) is 0 Å². The zero-order valence-electron chi connectivity index (χ0n) is 16.3. The number of benzene rings is 1. The van der Waals surface area contributed by atoms with E-state index in [1.807, 2.05) is 30.6 Å². The Hall–Kier alpha value is -2.46. The van der Waals surface area contributed by atoms with Crippen LogP contribution in [0.3, 0.4) is 0 Å². The summed E-state index contributed by atoms with van der Waals surface area (Å²) in [5.74, 6) is 0.844. The van der Waals surface area contributed by atoms with E-state index >= 15 is 0 Å². The number of pyridine rings is 2. The molecule has 2 fully saturated rings. The minimum atomic E-state index is 0.133. The van der Waals surface area contributed by atoms with Gasteiger partial charge in [-0.2, -0.15) is 0 Å². The molecule has 148 valence electrons. The monoisotopic (exact) mass is 405 g/mol. The maximum absolute atomic E-state index is 12.6. The molecule has 2 aromatic heterocycles. The number of nitrogens with zero attached hydrogens (tertiary/aromatic N) is 2. The second-order valence-electron chi connectivity index (χ2n) is 8.67. The van der Waals surface area contributed by atoms with E-state index in [1.54, 1.807) is 18.3 Å². The van der Waals surface area contributed by atoms with Crippen LogP contribution in [0.25, 0.3) is 10.9 Å². The Balaban J connectivity index is 1.19. The van der Waals surface area contributed by atoms with Gasteiger partial charge in [0.05, 0.1) is 5.52 Å². The van der Waals surface area contributed by atoms with Crippen molar-refractivity contribution in [2.24, 2.45) is 11.3 Å². The van der Waals surface area contributed by atoms with Gasteiger partial charge >= 0.3 is 0 Å². The topological polar surface area (TPSA) is 54.9 Å². The number of aromatic nitrogens is 2. The molecule has 29 heavy (non-hydrogen) atoms. The summed E-state index contributed by atoms with van der Waals surface area (Å²) in [5.41, 5.74) is 3.59. The molecule has 3 aromatic rings. The van der Waals surface area contributed by atoms with Gasteiger partial charge in [-0.05, 0) is 91.8 Å². The van der Waals surface area contributed by atoms with Crippen molar-refractivity contribution in [1.29, 1.82) is 0 Å². The third-order valence-electron chi connectivity index (χ3n) is 6.90. The minimum Gasteiger partial charge on any atom is -0.326 e. The largest absolute Gasteiger partial charge is 0.326 e. The van der Waals surface area contributed by atoms with E-state index in [0.29, 0.717) is 16.4 Å². The average molecular weight is 406 g/mol. The molecule has 0 aliphatic heterocycles. The van der Waals surface area contributed by atoms with Crippen LogP contribution in [0.1, 0.15) is 50.0 Å². The van der Waals surface area contributed by atoms with Gasteiger partial charge in [-0.1, -0.05) is 11.6 Å². The number of carbonyl (C=O) groups excluding carboxylic acids is 1. The lowest BCUT2D eigenvalue weighted by atomic mass is 9.54. The van der Waals surface area contributed by atoms with Crippen LogP contribution in [0, 0.1) is 11.3 Å². The number of anilines is 1. The highest BCUT2D eigenvalue weighted by Crippen LogP contribution is 2.57. The molecule has 1 N–H and O–H groups in total. The van der Waals surface area contributed by atoms with Gasteiger partial charge in [0.1, 0.15) is 0 Å². The van der Waals surface area contributed by atoms with Crippen LogP contribution < -0.4 is 5.32 Å². The molecule has 0 saturated heterocycles. The first-order chi connectivity index (χ1) is 14.1. The number of halogens is 1. The second-order valence-corrected chi connectivity index (χ2v) is 9.11. The lowest BCUT2D eigenvalue weighted by Gasteiger charge is -2.51. The number of nitrogens with one attached hydrogen (secondary N) is 1. The SMILES string of the molecule is O=C(Nc1ccc(Cl)cc1)[C@H]1CC2(CC[C@H](c3ccnc4ccncc43)CC2)C1. The molecule has 0 bridgehead atoms. The molecule has 1 spiro atoms. The van der Waals surface area contributed by atoms with Gasteiger partial charge in [-0.15, -0.1) is 0 Å². The molecule has 0 unspecified atom stereocenters. The first kappa shape index (κ1) is 18.6. The van der Waals surface area contributed by atoms with Crippen LogP contribution >= 0.6 is 11.6 Å². The molecule has 4 nitrogen and oxygen atoms in total. The molecule has 2 aliphatic carbocycles. The summed E-state index contributed by atoms with van der Waals surface area (Å²) in [4.78, 5) is 21.4. The highest BCUT2D eigenvalue weighted by Gasteiger charge is 2.48. The number of rotatable bonds is 3. The quantitative estimate of drug-likeness (QED) is 0.583. The van der Waals surface area contributed by atoms with Gasteiger partial charge in [-0.25, -0.2) is 0 Å². The summed E-state index contributed by atoms with van der Waals surface area (Å²) in [7, 11) is 0. The minimum absolute atomic E-state index is 0.133. The van der Waals surface area contributed by atoms with E-state index in [2.05, 4.69) is 21.4 Å². The van der Waals surface area contributed by atoms with Crippen LogP contribution in [-0.4, -0.2) is 15.9 Å². The van der Waals surface area contributed by atoms with E-state index in [0.717, 1.165) is 24.0 Å². The maximum Gasteiger partial charge on any atom is 0.227 e. The van der Waals surface area contributed by atoms with Crippen molar-refractivity contribution < 1.29 is 4.79 Å². The summed E-state index contributed by atoms with van der Waals surface area (Å²) in [6, 6.07) is 11.5. The van der Waals surface area contributed by atoms with Crippen molar-refractivity contribution in [1.82, 2.24) is 9.97 Å². The van der Waals surface area contributed by atoms with Crippen molar-refractivity contribution in [3.05, 3.63) is 65.6 Å². The Morgan fingerprint density at radius 1 is 1.03 bits per heavy atom. The molecule has 2 saturated carbocycles. The second kappa shape index (κ2) is 7.42. The van der Waals surface area contributed by atoms with E-state index in [9.17, 15) is 4.79 Å². The van der Waals surface area contributed by atoms with Crippen LogP contribution in [0.2, 0.25) is 5.02 Å². The van der Waals surface area contributed by atoms with E-state index < -0.39 is 0 Å². The van der Waals surface area contributed by atoms with Crippen molar-refractivity contribution in [3.8, 4) is 0 Å². The van der Waals surface area contributed by atoms with Crippen molar-refractivity contribution >= 4 is 34.1 Å². The van der Waals surface area contributed by atoms with Crippen molar-refractivity contribution in [2.45, 2.75) is 44.4 Å². The molecule has 1 aromatic carbocycles. The number of amides is 1. The molecule has 5 rings (SSSR count). The van der Waals surface area contributed by atoms with Gasteiger partial charge in [-0.3, -0.25) is 14.8 Å². The Kier molecular flexibility index (Phi) is 4.75. The zero-order chi connectivity index (χ0) is 19.8. The number of hydrogen-bond acceptors (Lipinski definition) is 3. The highest BCUT2D eigenvalue weighted by atomic mass is 35.5. The van der Waals surface area contributed by atoms with E-state index in [1.165, 1.54) is 36.6 Å². The van der Waals surface area contributed by atoms with Crippen LogP contribution in [-0.2, 0) is 4.79 Å². The fraction of sp³-hybridized carbons (Fsp3) is 0.375. The third-order valence-corrected chi connectivity index (χ3v) is 7.16. The summed E-state index contributed by atoms with van der Waals surface area (Å²) in [6.07, 6.45) is 12.5. The molecular weight excluding hydrogens is 382 g/mol. The predicted molar refractivity (Wildman–Crippen MR) is 116 cm³/mol. The normalized spacial score (nSPS) is 26.2. The average Bonchev–Trinajstić information content (AvgIpc) is 2.73.